The van der Waals surface area contributed by atoms with Crippen LogP contribution in [0.15, 0.2) is 0 Å². The molecule has 11 heavy (non-hydrogen) atoms. The van der Waals surface area contributed by atoms with Crippen LogP contribution in [0.1, 0.15) is 0 Å². The van der Waals surface area contributed by atoms with Gasteiger partial charge >= 0.3 is 46.1 Å². The maximum Gasteiger partial charge on any atom is 2.00 e. The van der Waals surface area contributed by atoms with Gasteiger partial charge in [-0.1, -0.05) is 0 Å². The summed E-state index contributed by atoms with van der Waals surface area (Å²) in [5.74, 6) is 0. The van der Waals surface area contributed by atoms with Crippen LogP contribution in [0.25, 0.3) is 0 Å². The molecule has 0 aromatic heterocycles. The molecule has 0 saturated heterocycles. The van der Waals surface area contributed by atoms with Crippen LogP contribution < -0.4 is 0 Å². The summed E-state index contributed by atoms with van der Waals surface area (Å²) >= 11 is 0. The molecule has 7 nitrogen and oxygen atoms in total. The molecular weight excluding hydrogens is 262 g/mol. The maximum atomic E-state index is 0. The molecule has 0 heterocycles. The van der Waals surface area contributed by atoms with E-state index in [2.05, 4.69) is 0 Å². The van der Waals surface area contributed by atoms with Crippen molar-refractivity contribution in [1.29, 1.82) is 0 Å². The topological polar surface area (TPSA) is 200 Å². The first-order chi connectivity index (χ1) is 0. The summed E-state index contributed by atoms with van der Waals surface area (Å²) in [5, 5.41) is 0. The second-order valence-corrected chi connectivity index (χ2v) is 0. The van der Waals surface area contributed by atoms with Gasteiger partial charge in [-0.25, -0.2) is 0 Å². The first kappa shape index (κ1) is 353. The normalized spacial score (nSPS) is 0. The molecule has 0 rings (SSSR count). The monoisotopic (exact) mass is 262 g/mol. The van der Waals surface area contributed by atoms with Gasteiger partial charge in [0.2, 0.25) is 0 Å². The predicted octanol–water partition coefficient (Wildman–Crippen LogP) is -1.60. The third-order valence-corrected chi connectivity index (χ3v) is 0. The quantitative estimate of drug-likeness (QED) is 0.453. The van der Waals surface area contributed by atoms with Crippen molar-refractivity contribution in [3.8, 4) is 0 Å². The molecule has 0 aliphatic rings. The largest absolute Gasteiger partial charge is 2.00 e. The Morgan fingerprint density at radius 1 is 0.273 bits per heavy atom. The van der Waals surface area contributed by atoms with Crippen molar-refractivity contribution in [1.82, 2.24) is 0 Å². The molecule has 0 aromatic rings. The van der Waals surface area contributed by atoms with E-state index >= 15 is 0 Å². The van der Waals surface area contributed by atoms with Crippen molar-refractivity contribution in [2.24, 2.45) is 0 Å². The third-order valence-electron chi connectivity index (χ3n) is 0. The molecular formula is Mg2O7V2-10. The van der Waals surface area contributed by atoms with Crippen LogP contribution in [0.4, 0.5) is 0 Å². The first-order valence-corrected chi connectivity index (χ1v) is 0. The zero-order chi connectivity index (χ0) is 0. The Hall–Kier alpha value is 2.42. The summed E-state index contributed by atoms with van der Waals surface area (Å²) in [5.41, 5.74) is 0. The molecule has 0 spiro atoms. The summed E-state index contributed by atoms with van der Waals surface area (Å²) in [6.07, 6.45) is 0. The van der Waals surface area contributed by atoms with Crippen LogP contribution in [0.5, 0.6) is 0 Å². The SMILES string of the molecule is [Mg+2].[Mg+2].[O-2].[O-2].[O-2].[O-2].[O-2].[O-2].[O-2].[V].[V]. The Bertz CT molecular complexity index is 14.4. The van der Waals surface area contributed by atoms with Crippen LogP contribution in [0.3, 0.4) is 0 Å². The van der Waals surface area contributed by atoms with Crippen LogP contribution in [-0.2, 0) is 75.4 Å². The molecule has 0 aliphatic carbocycles. The van der Waals surface area contributed by atoms with E-state index in [9.17, 15) is 0 Å². The summed E-state index contributed by atoms with van der Waals surface area (Å²) < 4.78 is 0. The Morgan fingerprint density at radius 2 is 0.273 bits per heavy atom. The van der Waals surface area contributed by atoms with Crippen molar-refractivity contribution in [3.63, 3.8) is 0 Å². The molecule has 2 radical (unpaired) electrons. The molecule has 66 valence electrons. The molecule has 0 N–H and O–H groups in total. The zero-order valence-electron chi connectivity index (χ0n) is 5.17. The fraction of sp³-hybridized carbons (Fsp3) is 0. The van der Waals surface area contributed by atoms with E-state index in [1.165, 1.54) is 0 Å². The van der Waals surface area contributed by atoms with E-state index in [1.54, 1.807) is 0 Å². The predicted molar refractivity (Wildman–Crippen MR) is 16.3 cm³/mol. The minimum atomic E-state index is 0. The maximum absolute atomic E-state index is 0. The van der Waals surface area contributed by atoms with Crippen molar-refractivity contribution in [3.05, 3.63) is 0 Å². The Kier molecular flexibility index (Phi) is 8870. The van der Waals surface area contributed by atoms with Crippen molar-refractivity contribution >= 4 is 46.1 Å². The Labute approximate surface area is 120 Å². The first-order valence-electron chi connectivity index (χ1n) is 0. The average Bonchev–Trinajstić information content (AvgIpc) is 0. The molecule has 0 saturated carbocycles. The van der Waals surface area contributed by atoms with E-state index in [1.807, 2.05) is 0 Å². The minimum Gasteiger partial charge on any atom is -2.00 e. The van der Waals surface area contributed by atoms with Gasteiger partial charge in [-0.15, -0.1) is 0 Å². The molecule has 0 amide bonds. The van der Waals surface area contributed by atoms with Crippen molar-refractivity contribution in [2.75, 3.05) is 0 Å². The summed E-state index contributed by atoms with van der Waals surface area (Å²) in [7, 11) is 0. The molecule has 0 atom stereocenters. The molecule has 11 heteroatoms. The fourth-order valence-electron chi connectivity index (χ4n) is 0. The number of hydrogen-bond donors (Lipinski definition) is 0. The molecule has 0 aliphatic heterocycles. The van der Waals surface area contributed by atoms with E-state index in [4.69, 9.17) is 0 Å². The molecule has 0 bridgehead atoms. The van der Waals surface area contributed by atoms with E-state index < -0.39 is 0 Å². The van der Waals surface area contributed by atoms with Crippen LogP contribution >= 0.6 is 0 Å². The molecule has 0 fully saturated rings. The Morgan fingerprint density at radius 3 is 0.273 bits per heavy atom. The zero-order valence-corrected chi connectivity index (χ0v) is 10.8. The van der Waals surface area contributed by atoms with Gasteiger partial charge < -0.3 is 38.3 Å². The summed E-state index contributed by atoms with van der Waals surface area (Å²) in [4.78, 5) is 0. The summed E-state index contributed by atoms with van der Waals surface area (Å²) in [6, 6.07) is 0. The van der Waals surface area contributed by atoms with Gasteiger partial charge in [-0.2, -0.15) is 0 Å². The van der Waals surface area contributed by atoms with E-state index in [0.717, 1.165) is 0 Å². The minimum absolute atomic E-state index is 0. The van der Waals surface area contributed by atoms with Crippen LogP contribution in [0.2, 0.25) is 0 Å². The number of rotatable bonds is 0. The standard InChI is InChI=1S/2Mg.7O.2V/q2*+2;7*-2;;. The van der Waals surface area contributed by atoms with Crippen molar-refractivity contribution < 1.29 is 75.4 Å². The van der Waals surface area contributed by atoms with Crippen molar-refractivity contribution in [2.45, 2.75) is 0 Å². The van der Waals surface area contributed by atoms with Gasteiger partial charge in [0, 0.05) is 37.1 Å². The van der Waals surface area contributed by atoms with Gasteiger partial charge in [-0.3, -0.25) is 0 Å². The second-order valence-electron chi connectivity index (χ2n) is 0. The van der Waals surface area contributed by atoms with Crippen LogP contribution in [-0.4, -0.2) is 46.1 Å². The second kappa shape index (κ2) is 276. The van der Waals surface area contributed by atoms with Gasteiger partial charge in [0.1, 0.15) is 0 Å². The smallest absolute Gasteiger partial charge is 2.00 e. The molecule has 0 aromatic carbocycles. The van der Waals surface area contributed by atoms with Gasteiger partial charge in [-0.05, 0) is 0 Å². The van der Waals surface area contributed by atoms with Crippen LogP contribution in [0, 0.1) is 0 Å². The number of hydrogen-bond acceptors (Lipinski definition) is 0. The summed E-state index contributed by atoms with van der Waals surface area (Å²) in [6.45, 7) is 0. The third kappa shape index (κ3) is 230. The van der Waals surface area contributed by atoms with Gasteiger partial charge in [0.05, 0.1) is 0 Å². The van der Waals surface area contributed by atoms with E-state index in [-0.39, 0.29) is 122 Å². The van der Waals surface area contributed by atoms with Gasteiger partial charge in [0.15, 0.2) is 0 Å². The van der Waals surface area contributed by atoms with Gasteiger partial charge in [0.25, 0.3) is 0 Å². The molecule has 0 unspecified atom stereocenters. The average molecular weight is 262 g/mol. The Balaban J connectivity index is 0. The fourth-order valence-corrected chi connectivity index (χ4v) is 0. The van der Waals surface area contributed by atoms with E-state index in [0.29, 0.717) is 0 Å².